The number of nitrogens with zero attached hydrogens (tertiary/aromatic N) is 1. The van der Waals surface area contributed by atoms with E-state index in [2.05, 4.69) is 10.6 Å². The summed E-state index contributed by atoms with van der Waals surface area (Å²) in [5, 5.41) is 17.9. The number of non-ortho nitro benzene ring substituents is 1. The fourth-order valence-electron chi connectivity index (χ4n) is 3.83. The van der Waals surface area contributed by atoms with E-state index in [1.165, 1.54) is 12.1 Å². The van der Waals surface area contributed by atoms with Crippen molar-refractivity contribution in [3.63, 3.8) is 0 Å². The van der Waals surface area contributed by atoms with Crippen molar-refractivity contribution in [1.29, 1.82) is 0 Å². The average molecular weight is 369 g/mol. The summed E-state index contributed by atoms with van der Waals surface area (Å²) in [5.41, 5.74) is 5.48. The topological polar surface area (TPSA) is 84.3 Å². The highest BCUT2D eigenvalue weighted by Gasteiger charge is 2.37. The maximum Gasteiger partial charge on any atom is 0.269 e. The summed E-state index contributed by atoms with van der Waals surface area (Å²) in [6, 6.07) is 21.2. The lowest BCUT2D eigenvalue weighted by Gasteiger charge is -2.20. The van der Waals surface area contributed by atoms with Crippen LogP contribution < -0.4 is 10.6 Å². The molecule has 0 fully saturated rings. The number of fused-ring (bicyclic) bond motifs is 3. The molecule has 0 aromatic heterocycles. The van der Waals surface area contributed by atoms with Gasteiger partial charge in [-0.05, 0) is 29.8 Å². The molecule has 2 N–H and O–H groups in total. The molecular weight excluding hydrogens is 354 g/mol. The molecule has 3 aromatic rings. The molecule has 0 amide bonds. The van der Waals surface area contributed by atoms with Crippen LogP contribution in [0, 0.1) is 10.1 Å². The Hall–Kier alpha value is -3.93. The molecule has 3 aromatic carbocycles. The number of nitrogens with one attached hydrogen (secondary N) is 2. The van der Waals surface area contributed by atoms with Crippen LogP contribution in [0.15, 0.2) is 78.4 Å². The summed E-state index contributed by atoms with van der Waals surface area (Å²) in [6.45, 7) is 0. The SMILES string of the molecule is O=C1C2=C(Nc3ccccc3NC2c2ccc([N+](=O)[O-])cc2)c2ccccc21. The highest BCUT2D eigenvalue weighted by molar-refractivity contribution is 6.23. The summed E-state index contributed by atoms with van der Waals surface area (Å²) >= 11 is 0. The number of nitro groups is 1. The highest BCUT2D eigenvalue weighted by Crippen LogP contribution is 2.45. The van der Waals surface area contributed by atoms with Gasteiger partial charge in [0.05, 0.1) is 33.6 Å². The van der Waals surface area contributed by atoms with Crippen molar-refractivity contribution in [3.05, 3.63) is 105 Å². The standard InChI is InChI=1S/C22H15N3O3/c26-22-16-6-2-1-5-15(16)21-19(22)20(13-9-11-14(12-10-13)25(27)28)23-17-7-3-4-8-18(17)24-21/h1-12,20,23-24H. The molecule has 6 nitrogen and oxygen atoms in total. The van der Waals surface area contributed by atoms with Gasteiger partial charge in [0.15, 0.2) is 5.78 Å². The maximum atomic E-state index is 13.2. The Kier molecular flexibility index (Phi) is 3.52. The Morgan fingerprint density at radius 3 is 2.18 bits per heavy atom. The first-order valence-corrected chi connectivity index (χ1v) is 8.88. The van der Waals surface area contributed by atoms with Gasteiger partial charge in [-0.2, -0.15) is 0 Å². The number of Topliss-reactive ketones (excluding diaryl/α,β-unsaturated/α-hetero) is 1. The Bertz CT molecular complexity index is 1170. The number of rotatable bonds is 2. The molecule has 1 aliphatic carbocycles. The van der Waals surface area contributed by atoms with Crippen molar-refractivity contribution in [3.8, 4) is 0 Å². The Morgan fingerprint density at radius 2 is 1.46 bits per heavy atom. The minimum atomic E-state index is -0.428. The highest BCUT2D eigenvalue weighted by atomic mass is 16.6. The summed E-state index contributed by atoms with van der Waals surface area (Å²) < 4.78 is 0. The molecular formula is C22H15N3O3. The van der Waals surface area contributed by atoms with Crippen LogP contribution in [-0.2, 0) is 0 Å². The second-order valence-electron chi connectivity index (χ2n) is 6.76. The summed E-state index contributed by atoms with van der Waals surface area (Å²) in [6.07, 6.45) is 0. The third-order valence-electron chi connectivity index (χ3n) is 5.17. The number of carbonyl (C=O) groups excluding carboxylic acids is 1. The van der Waals surface area contributed by atoms with E-state index < -0.39 is 11.0 Å². The number of carbonyl (C=O) groups is 1. The minimum Gasteiger partial charge on any atom is -0.372 e. The quantitative estimate of drug-likeness (QED) is 0.502. The second kappa shape index (κ2) is 6.06. The molecule has 28 heavy (non-hydrogen) atoms. The summed E-state index contributed by atoms with van der Waals surface area (Å²) in [5.74, 6) is -0.0400. The zero-order valence-electron chi connectivity index (χ0n) is 14.7. The molecule has 0 saturated carbocycles. The molecule has 136 valence electrons. The normalized spacial score (nSPS) is 17.0. The maximum absolute atomic E-state index is 13.2. The molecule has 1 unspecified atom stereocenters. The molecule has 6 heteroatoms. The lowest BCUT2D eigenvalue weighted by molar-refractivity contribution is -0.384. The van der Waals surface area contributed by atoms with Crippen molar-refractivity contribution in [1.82, 2.24) is 0 Å². The Labute approximate surface area is 160 Å². The average Bonchev–Trinajstić information content (AvgIpc) is 2.89. The molecule has 2 aliphatic rings. The first-order chi connectivity index (χ1) is 13.6. The van der Waals surface area contributed by atoms with E-state index in [0.29, 0.717) is 11.1 Å². The number of anilines is 2. The van der Waals surface area contributed by atoms with E-state index in [-0.39, 0.29) is 11.5 Å². The zero-order valence-corrected chi connectivity index (χ0v) is 14.7. The van der Waals surface area contributed by atoms with Crippen molar-refractivity contribution in [2.45, 2.75) is 6.04 Å². The molecule has 0 bridgehead atoms. The van der Waals surface area contributed by atoms with Crippen molar-refractivity contribution >= 4 is 28.5 Å². The first kappa shape index (κ1) is 16.3. The van der Waals surface area contributed by atoms with E-state index in [9.17, 15) is 14.9 Å². The predicted molar refractivity (Wildman–Crippen MR) is 107 cm³/mol. The van der Waals surface area contributed by atoms with Gasteiger partial charge in [0, 0.05) is 23.3 Å². The predicted octanol–water partition coefficient (Wildman–Crippen LogP) is 4.78. The van der Waals surface area contributed by atoms with E-state index in [1.807, 2.05) is 48.5 Å². The number of ketones is 1. The summed E-state index contributed by atoms with van der Waals surface area (Å²) in [7, 11) is 0. The van der Waals surface area contributed by atoms with Gasteiger partial charge in [0.2, 0.25) is 0 Å². The monoisotopic (exact) mass is 369 g/mol. The molecule has 5 rings (SSSR count). The van der Waals surface area contributed by atoms with E-state index in [4.69, 9.17) is 0 Å². The largest absolute Gasteiger partial charge is 0.372 e. The van der Waals surface area contributed by atoms with Crippen LogP contribution in [-0.4, -0.2) is 10.7 Å². The van der Waals surface area contributed by atoms with Crippen molar-refractivity contribution in [2.75, 3.05) is 10.6 Å². The van der Waals surface area contributed by atoms with Gasteiger partial charge < -0.3 is 10.6 Å². The van der Waals surface area contributed by atoms with E-state index in [1.54, 1.807) is 12.1 Å². The number of hydrogen-bond donors (Lipinski definition) is 2. The van der Waals surface area contributed by atoms with Crippen LogP contribution in [0.2, 0.25) is 0 Å². The number of benzene rings is 3. The lowest BCUT2D eigenvalue weighted by Crippen LogP contribution is -2.17. The molecule has 1 aliphatic heterocycles. The van der Waals surface area contributed by atoms with Gasteiger partial charge in [-0.3, -0.25) is 14.9 Å². The molecule has 0 saturated heterocycles. The molecule has 0 spiro atoms. The molecule has 0 radical (unpaired) electrons. The Balaban J connectivity index is 1.70. The fourth-order valence-corrected chi connectivity index (χ4v) is 3.83. The summed E-state index contributed by atoms with van der Waals surface area (Å²) in [4.78, 5) is 23.8. The first-order valence-electron chi connectivity index (χ1n) is 8.88. The number of hydrogen-bond acceptors (Lipinski definition) is 5. The van der Waals surface area contributed by atoms with Gasteiger partial charge in [-0.15, -0.1) is 0 Å². The van der Waals surface area contributed by atoms with E-state index >= 15 is 0 Å². The smallest absolute Gasteiger partial charge is 0.269 e. The van der Waals surface area contributed by atoms with Gasteiger partial charge >= 0.3 is 0 Å². The fraction of sp³-hybridized carbons (Fsp3) is 0.0455. The van der Waals surface area contributed by atoms with Gasteiger partial charge in [0.25, 0.3) is 5.69 Å². The van der Waals surface area contributed by atoms with Crippen LogP contribution in [0.25, 0.3) is 5.70 Å². The third-order valence-corrected chi connectivity index (χ3v) is 5.17. The van der Waals surface area contributed by atoms with Crippen LogP contribution in [0.1, 0.15) is 27.5 Å². The van der Waals surface area contributed by atoms with Crippen LogP contribution in [0.3, 0.4) is 0 Å². The van der Waals surface area contributed by atoms with Crippen LogP contribution in [0.5, 0.6) is 0 Å². The van der Waals surface area contributed by atoms with E-state index in [0.717, 1.165) is 28.2 Å². The van der Waals surface area contributed by atoms with Gasteiger partial charge in [0.1, 0.15) is 0 Å². The van der Waals surface area contributed by atoms with Crippen LogP contribution in [0.4, 0.5) is 17.1 Å². The number of nitro benzene ring substituents is 1. The Morgan fingerprint density at radius 1 is 0.821 bits per heavy atom. The van der Waals surface area contributed by atoms with Gasteiger partial charge in [-0.1, -0.05) is 36.4 Å². The van der Waals surface area contributed by atoms with Gasteiger partial charge in [-0.25, -0.2) is 0 Å². The molecule has 1 atom stereocenters. The second-order valence-corrected chi connectivity index (χ2v) is 6.76. The van der Waals surface area contributed by atoms with Crippen LogP contribution >= 0.6 is 0 Å². The van der Waals surface area contributed by atoms with Crippen molar-refractivity contribution < 1.29 is 9.72 Å². The zero-order chi connectivity index (χ0) is 19.3. The minimum absolute atomic E-state index is 0.0196. The lowest BCUT2D eigenvalue weighted by atomic mass is 9.95. The third kappa shape index (κ3) is 2.39. The molecule has 1 heterocycles. The van der Waals surface area contributed by atoms with Crippen molar-refractivity contribution in [2.24, 2.45) is 0 Å². The number of para-hydroxylation sites is 2.